The van der Waals surface area contributed by atoms with Crippen LogP contribution in [0.15, 0.2) is 48.5 Å². The van der Waals surface area contributed by atoms with Gasteiger partial charge >= 0.3 is 5.97 Å². The highest BCUT2D eigenvalue weighted by Gasteiger charge is 2.12. The quantitative estimate of drug-likeness (QED) is 0.681. The molecule has 0 aromatic heterocycles. The van der Waals surface area contributed by atoms with E-state index in [1.165, 1.54) is 37.5 Å². The molecule has 2 rings (SSSR count). The number of carbonyl (C=O) groups excluding carboxylic acids is 2. The Hall–Kier alpha value is -2.66. The van der Waals surface area contributed by atoms with Gasteiger partial charge in [0, 0.05) is 11.6 Å². The van der Waals surface area contributed by atoms with Crippen LogP contribution in [-0.4, -0.2) is 19.0 Å². The normalized spacial score (nSPS) is 10.6. The molecule has 2 aromatic carbocycles. The first-order valence-corrected chi connectivity index (χ1v) is 7.01. The standard InChI is InChI=1S/C17H13ClFNO3/c1-23-17(22)12-5-2-3-8-15(12)20-16(21)10-9-11-13(18)6-4-7-14(11)19/h2-10H,1H3,(H,20,21)/b10-9+. The van der Waals surface area contributed by atoms with Crippen molar-refractivity contribution >= 4 is 35.2 Å². The second kappa shape index (κ2) is 7.56. The van der Waals surface area contributed by atoms with Gasteiger partial charge in [-0.2, -0.15) is 0 Å². The number of esters is 1. The Morgan fingerprint density at radius 1 is 1.17 bits per heavy atom. The third kappa shape index (κ3) is 4.17. The number of halogens is 2. The molecular weight excluding hydrogens is 321 g/mol. The van der Waals surface area contributed by atoms with Gasteiger partial charge in [-0.15, -0.1) is 0 Å². The van der Waals surface area contributed by atoms with Crippen LogP contribution >= 0.6 is 11.6 Å². The number of methoxy groups -OCH3 is 1. The number of hydrogen-bond acceptors (Lipinski definition) is 3. The minimum atomic E-state index is -0.568. The summed E-state index contributed by atoms with van der Waals surface area (Å²) in [5.41, 5.74) is 0.639. The summed E-state index contributed by atoms with van der Waals surface area (Å²) in [6, 6.07) is 10.6. The predicted octanol–water partition coefficient (Wildman–Crippen LogP) is 3.92. The summed E-state index contributed by atoms with van der Waals surface area (Å²) in [7, 11) is 1.25. The van der Waals surface area contributed by atoms with Crippen LogP contribution in [0.2, 0.25) is 5.02 Å². The van der Waals surface area contributed by atoms with Crippen LogP contribution in [0.25, 0.3) is 6.08 Å². The zero-order valence-electron chi connectivity index (χ0n) is 12.2. The number of nitrogens with one attached hydrogen (secondary N) is 1. The minimum absolute atomic E-state index is 0.116. The molecule has 0 radical (unpaired) electrons. The number of rotatable bonds is 4. The molecule has 0 saturated carbocycles. The molecule has 0 aliphatic heterocycles. The van der Waals surface area contributed by atoms with Crippen molar-refractivity contribution in [3.63, 3.8) is 0 Å². The van der Waals surface area contributed by atoms with Crippen molar-refractivity contribution in [1.29, 1.82) is 0 Å². The Morgan fingerprint density at radius 3 is 2.61 bits per heavy atom. The Bertz CT molecular complexity index is 754. The number of ether oxygens (including phenoxy) is 1. The molecule has 0 spiro atoms. The molecule has 0 atom stereocenters. The third-order valence-corrected chi connectivity index (χ3v) is 3.32. The number of carbonyl (C=O) groups is 2. The molecule has 1 N–H and O–H groups in total. The first kappa shape index (κ1) is 16.7. The van der Waals surface area contributed by atoms with Crippen LogP contribution in [0.3, 0.4) is 0 Å². The maximum Gasteiger partial charge on any atom is 0.339 e. The number of hydrogen-bond donors (Lipinski definition) is 1. The monoisotopic (exact) mass is 333 g/mol. The summed E-state index contributed by atoms with van der Waals surface area (Å²) in [5.74, 6) is -1.63. The summed E-state index contributed by atoms with van der Waals surface area (Å²) in [5, 5.41) is 2.74. The predicted molar refractivity (Wildman–Crippen MR) is 86.9 cm³/mol. The Balaban J connectivity index is 2.18. The minimum Gasteiger partial charge on any atom is -0.465 e. The van der Waals surface area contributed by atoms with E-state index in [0.29, 0.717) is 5.69 Å². The van der Waals surface area contributed by atoms with Crippen LogP contribution in [0.1, 0.15) is 15.9 Å². The molecule has 4 nitrogen and oxygen atoms in total. The van der Waals surface area contributed by atoms with E-state index in [1.807, 2.05) is 0 Å². The SMILES string of the molecule is COC(=O)c1ccccc1NC(=O)/C=C/c1c(F)cccc1Cl. The fourth-order valence-corrected chi connectivity index (χ4v) is 2.11. The molecule has 118 valence electrons. The number of anilines is 1. The summed E-state index contributed by atoms with van der Waals surface area (Å²) in [6.07, 6.45) is 2.41. The van der Waals surface area contributed by atoms with E-state index in [2.05, 4.69) is 10.1 Å². The van der Waals surface area contributed by atoms with E-state index in [0.717, 1.165) is 6.08 Å². The average Bonchev–Trinajstić information content (AvgIpc) is 2.54. The van der Waals surface area contributed by atoms with Gasteiger partial charge in [0.25, 0.3) is 0 Å². The molecule has 2 aromatic rings. The lowest BCUT2D eigenvalue weighted by molar-refractivity contribution is -0.111. The molecule has 0 aliphatic rings. The molecule has 0 aliphatic carbocycles. The second-order valence-corrected chi connectivity index (χ2v) is 4.90. The smallest absolute Gasteiger partial charge is 0.339 e. The van der Waals surface area contributed by atoms with Gasteiger partial charge in [-0.3, -0.25) is 4.79 Å². The summed E-state index contributed by atoms with van der Waals surface area (Å²) in [4.78, 5) is 23.6. The molecule has 0 fully saturated rings. The van der Waals surface area contributed by atoms with Crippen molar-refractivity contribution in [3.05, 3.63) is 70.5 Å². The topological polar surface area (TPSA) is 55.4 Å². The van der Waals surface area contributed by atoms with Crippen LogP contribution in [0.4, 0.5) is 10.1 Å². The van der Waals surface area contributed by atoms with Gasteiger partial charge in [0.15, 0.2) is 0 Å². The first-order valence-electron chi connectivity index (χ1n) is 6.63. The number of amides is 1. The second-order valence-electron chi connectivity index (χ2n) is 4.50. The Kier molecular flexibility index (Phi) is 5.49. The summed E-state index contributed by atoms with van der Waals surface area (Å²) in [6.45, 7) is 0. The van der Waals surface area contributed by atoms with Crippen molar-refractivity contribution < 1.29 is 18.7 Å². The fraction of sp³-hybridized carbons (Fsp3) is 0.0588. The van der Waals surface area contributed by atoms with Gasteiger partial charge in [-0.05, 0) is 30.3 Å². The van der Waals surface area contributed by atoms with Gasteiger partial charge in [0.2, 0.25) is 5.91 Å². The lowest BCUT2D eigenvalue weighted by atomic mass is 10.1. The van der Waals surface area contributed by atoms with E-state index in [1.54, 1.807) is 18.2 Å². The van der Waals surface area contributed by atoms with E-state index < -0.39 is 17.7 Å². The number of para-hydroxylation sites is 1. The van der Waals surface area contributed by atoms with E-state index in [-0.39, 0.29) is 16.1 Å². The van der Waals surface area contributed by atoms with E-state index >= 15 is 0 Å². The largest absolute Gasteiger partial charge is 0.465 e. The van der Waals surface area contributed by atoms with E-state index in [9.17, 15) is 14.0 Å². The zero-order valence-corrected chi connectivity index (χ0v) is 12.9. The molecule has 23 heavy (non-hydrogen) atoms. The molecule has 0 saturated heterocycles. The van der Waals surface area contributed by atoms with Crippen LogP contribution < -0.4 is 5.32 Å². The molecule has 0 unspecified atom stereocenters. The zero-order chi connectivity index (χ0) is 16.8. The van der Waals surface area contributed by atoms with Crippen LogP contribution in [0.5, 0.6) is 0 Å². The molecule has 0 heterocycles. The highest BCUT2D eigenvalue weighted by molar-refractivity contribution is 6.32. The Morgan fingerprint density at radius 2 is 1.91 bits per heavy atom. The third-order valence-electron chi connectivity index (χ3n) is 2.99. The first-order chi connectivity index (χ1) is 11.0. The van der Waals surface area contributed by atoms with Crippen molar-refractivity contribution in [2.75, 3.05) is 12.4 Å². The van der Waals surface area contributed by atoms with E-state index in [4.69, 9.17) is 11.6 Å². The summed E-state index contributed by atoms with van der Waals surface area (Å²) >= 11 is 5.87. The van der Waals surface area contributed by atoms with Gasteiger partial charge in [-0.1, -0.05) is 29.8 Å². The van der Waals surface area contributed by atoms with Crippen molar-refractivity contribution in [2.24, 2.45) is 0 Å². The van der Waals surface area contributed by atoms with Crippen molar-refractivity contribution in [2.45, 2.75) is 0 Å². The summed E-state index contributed by atoms with van der Waals surface area (Å²) < 4.78 is 18.3. The number of benzene rings is 2. The Labute approximate surface area is 137 Å². The lowest BCUT2D eigenvalue weighted by Gasteiger charge is -2.07. The molecular formula is C17H13ClFNO3. The molecule has 6 heteroatoms. The molecule has 1 amide bonds. The van der Waals surface area contributed by atoms with Gasteiger partial charge in [0.1, 0.15) is 5.82 Å². The van der Waals surface area contributed by atoms with Crippen LogP contribution in [0, 0.1) is 5.82 Å². The highest BCUT2D eigenvalue weighted by Crippen LogP contribution is 2.21. The van der Waals surface area contributed by atoms with Crippen molar-refractivity contribution in [1.82, 2.24) is 0 Å². The fourth-order valence-electron chi connectivity index (χ4n) is 1.88. The van der Waals surface area contributed by atoms with Gasteiger partial charge in [0.05, 0.1) is 23.4 Å². The maximum absolute atomic E-state index is 13.6. The lowest BCUT2D eigenvalue weighted by Crippen LogP contribution is -2.12. The van der Waals surface area contributed by atoms with Gasteiger partial charge < -0.3 is 10.1 Å². The van der Waals surface area contributed by atoms with Crippen LogP contribution in [-0.2, 0) is 9.53 Å². The molecule has 0 bridgehead atoms. The average molecular weight is 334 g/mol. The highest BCUT2D eigenvalue weighted by atomic mass is 35.5. The van der Waals surface area contributed by atoms with Gasteiger partial charge in [-0.25, -0.2) is 9.18 Å². The maximum atomic E-state index is 13.6. The van der Waals surface area contributed by atoms with Crippen molar-refractivity contribution in [3.8, 4) is 0 Å².